The molecular weight excluding hydrogens is 464 g/mol. The summed E-state index contributed by atoms with van der Waals surface area (Å²) in [6.07, 6.45) is 14.9. The van der Waals surface area contributed by atoms with Crippen molar-refractivity contribution in [2.45, 2.75) is 109 Å². The Bertz CT molecular complexity index is 489. The van der Waals surface area contributed by atoms with Gasteiger partial charge in [0, 0.05) is 12.8 Å². The molecular formula is C24H46O7S2. The van der Waals surface area contributed by atoms with E-state index < -0.39 is 46.5 Å². The first-order chi connectivity index (χ1) is 15.8. The predicted molar refractivity (Wildman–Crippen MR) is 135 cm³/mol. The first-order valence-electron chi connectivity index (χ1n) is 12.4. The largest absolute Gasteiger partial charge is 0.617 e. The van der Waals surface area contributed by atoms with Crippen LogP contribution in [-0.2, 0) is 41.4 Å². The molecule has 196 valence electrons. The molecule has 0 rings (SSSR count). The van der Waals surface area contributed by atoms with E-state index in [0.29, 0.717) is 0 Å². The monoisotopic (exact) mass is 510 g/mol. The van der Waals surface area contributed by atoms with Crippen LogP contribution in [0.2, 0.25) is 0 Å². The van der Waals surface area contributed by atoms with Crippen LogP contribution < -0.4 is 0 Å². The van der Waals surface area contributed by atoms with Gasteiger partial charge in [0.05, 0.1) is 19.1 Å². The summed E-state index contributed by atoms with van der Waals surface area (Å²) >= 11 is -2.30. The number of carbonyl (C=O) groups excluding carboxylic acids is 2. The van der Waals surface area contributed by atoms with Crippen LogP contribution in [0.4, 0.5) is 0 Å². The Morgan fingerprint density at radius 1 is 0.758 bits per heavy atom. The molecule has 0 aromatic heterocycles. The summed E-state index contributed by atoms with van der Waals surface area (Å²) in [5, 5.41) is 9.85. The molecule has 33 heavy (non-hydrogen) atoms. The zero-order valence-corrected chi connectivity index (χ0v) is 22.5. The number of ether oxygens (including phenoxy) is 2. The van der Waals surface area contributed by atoms with Crippen molar-refractivity contribution >= 4 is 34.3 Å². The van der Waals surface area contributed by atoms with Crippen LogP contribution in [0.1, 0.15) is 96.8 Å². The van der Waals surface area contributed by atoms with Gasteiger partial charge in [0.25, 0.3) is 0 Å². The molecule has 7 nitrogen and oxygen atoms in total. The number of hydrogen-bond acceptors (Lipinski definition) is 7. The highest BCUT2D eigenvalue weighted by molar-refractivity contribution is 7.90. The minimum atomic E-state index is -1.45. The lowest BCUT2D eigenvalue weighted by Crippen LogP contribution is -2.36. The maximum absolute atomic E-state index is 12.4. The van der Waals surface area contributed by atoms with Crippen LogP contribution in [0, 0.1) is 0 Å². The average molecular weight is 511 g/mol. The molecule has 9 heteroatoms. The zero-order chi connectivity index (χ0) is 24.9. The van der Waals surface area contributed by atoms with Gasteiger partial charge in [0.2, 0.25) is 6.10 Å². The van der Waals surface area contributed by atoms with Crippen LogP contribution in [0.25, 0.3) is 0 Å². The number of aliphatic hydroxyl groups excluding tert-OH is 1. The van der Waals surface area contributed by atoms with E-state index in [1.165, 1.54) is 70.3 Å². The van der Waals surface area contributed by atoms with Gasteiger partial charge in [-0.3, -0.25) is 0 Å². The van der Waals surface area contributed by atoms with Gasteiger partial charge in [-0.15, -0.1) is 0 Å². The minimum Gasteiger partial charge on any atom is -0.617 e. The van der Waals surface area contributed by atoms with Crippen molar-refractivity contribution in [2.24, 2.45) is 0 Å². The van der Waals surface area contributed by atoms with Gasteiger partial charge in [-0.25, -0.2) is 9.59 Å². The second-order valence-electron chi connectivity index (χ2n) is 8.63. The topological polar surface area (TPSA) is 119 Å². The number of rotatable bonds is 22. The van der Waals surface area contributed by atoms with Gasteiger partial charge >= 0.3 is 11.9 Å². The quantitative estimate of drug-likeness (QED) is 0.133. The van der Waals surface area contributed by atoms with E-state index >= 15 is 0 Å². The highest BCUT2D eigenvalue weighted by Gasteiger charge is 2.29. The normalized spacial score (nSPS) is 15.0. The lowest BCUT2D eigenvalue weighted by atomic mass is 10.1. The summed E-state index contributed by atoms with van der Waals surface area (Å²) in [6, 6.07) is 0. The van der Waals surface area contributed by atoms with E-state index in [1.54, 1.807) is 0 Å². The van der Waals surface area contributed by atoms with Crippen LogP contribution in [-0.4, -0.2) is 69.0 Å². The number of hydrogen-bond donors (Lipinski definition) is 1. The number of esters is 2. The van der Waals surface area contributed by atoms with Gasteiger partial charge in [-0.2, -0.15) is 0 Å². The Balaban J connectivity index is 4.05. The molecule has 0 fully saturated rings. The fraction of sp³-hybridized carbons (Fsp3) is 0.917. The molecule has 0 heterocycles. The van der Waals surface area contributed by atoms with Gasteiger partial charge in [-0.05, 0) is 6.42 Å². The van der Waals surface area contributed by atoms with Crippen LogP contribution in [0.5, 0.6) is 0 Å². The molecule has 0 aromatic carbocycles. The Morgan fingerprint density at radius 3 is 1.70 bits per heavy atom. The first kappa shape index (κ1) is 32.5. The van der Waals surface area contributed by atoms with E-state index in [2.05, 4.69) is 6.92 Å². The highest BCUT2D eigenvalue weighted by Crippen LogP contribution is 2.13. The molecule has 0 aliphatic heterocycles. The minimum absolute atomic E-state index is 0.0116. The van der Waals surface area contributed by atoms with E-state index in [4.69, 9.17) is 9.47 Å². The summed E-state index contributed by atoms with van der Waals surface area (Å²) < 4.78 is 32.9. The van der Waals surface area contributed by atoms with Gasteiger partial charge in [-0.1, -0.05) is 99.9 Å². The summed E-state index contributed by atoms with van der Waals surface area (Å²) in [7, 11) is 0. The van der Waals surface area contributed by atoms with Crippen molar-refractivity contribution in [2.75, 3.05) is 30.6 Å². The molecule has 0 bridgehead atoms. The van der Waals surface area contributed by atoms with Gasteiger partial charge < -0.3 is 23.7 Å². The molecule has 0 aliphatic carbocycles. The maximum Gasteiger partial charge on any atom is 0.347 e. The molecule has 4 unspecified atom stereocenters. The van der Waals surface area contributed by atoms with Crippen LogP contribution in [0.3, 0.4) is 0 Å². The zero-order valence-electron chi connectivity index (χ0n) is 20.9. The Hall–Kier alpha value is -0.480. The molecule has 0 saturated carbocycles. The Kier molecular flexibility index (Phi) is 21.7. The molecule has 0 aliphatic rings. The maximum atomic E-state index is 12.4. The van der Waals surface area contributed by atoms with Crippen molar-refractivity contribution in [1.29, 1.82) is 0 Å². The summed E-state index contributed by atoms with van der Waals surface area (Å²) in [6.45, 7) is 2.48. The predicted octanol–water partition coefficient (Wildman–Crippen LogP) is 4.04. The summed E-state index contributed by atoms with van der Waals surface area (Å²) in [5.74, 6) is -1.29. The third-order valence-corrected chi connectivity index (χ3v) is 7.00. The third-order valence-electron chi connectivity index (χ3n) is 5.38. The van der Waals surface area contributed by atoms with E-state index in [1.807, 2.05) is 0 Å². The van der Waals surface area contributed by atoms with E-state index in [0.717, 1.165) is 19.3 Å². The number of unbranched alkanes of at least 4 members (excludes halogenated alkanes) is 11. The SMILES string of the molecule is CCCCCCCCCCCCCCOC(=O)C(CC[S+](C)[O-])OC(=O)C(O)CC[S+](C)[O-]. The average Bonchev–Trinajstić information content (AvgIpc) is 2.77. The second kappa shape index (κ2) is 22.0. The van der Waals surface area contributed by atoms with Crippen molar-refractivity contribution < 1.29 is 33.3 Å². The van der Waals surface area contributed by atoms with Gasteiger partial charge in [0.15, 0.2) is 6.10 Å². The van der Waals surface area contributed by atoms with Crippen molar-refractivity contribution in [3.8, 4) is 0 Å². The number of carbonyl (C=O) groups is 2. The highest BCUT2D eigenvalue weighted by atomic mass is 32.2. The standard InChI is InChI=1S/C24H46O7S2/c1-4-5-6-7-8-9-10-11-12-13-14-15-18-30-24(27)22(17-20-33(3)29)31-23(26)21(25)16-19-32(2)28/h21-22,25H,4-20H2,1-3H3. The van der Waals surface area contributed by atoms with Crippen molar-refractivity contribution in [3.63, 3.8) is 0 Å². The fourth-order valence-electron chi connectivity index (χ4n) is 3.32. The molecule has 0 aromatic rings. The fourth-order valence-corrected chi connectivity index (χ4v) is 4.42. The summed E-state index contributed by atoms with van der Waals surface area (Å²) in [5.41, 5.74) is 0. The smallest absolute Gasteiger partial charge is 0.347 e. The van der Waals surface area contributed by atoms with Crippen molar-refractivity contribution in [1.82, 2.24) is 0 Å². The first-order valence-corrected chi connectivity index (χ1v) is 15.9. The summed E-state index contributed by atoms with van der Waals surface area (Å²) in [4.78, 5) is 24.4. The molecule has 0 saturated heterocycles. The Morgan fingerprint density at radius 2 is 1.21 bits per heavy atom. The molecule has 0 radical (unpaired) electrons. The van der Waals surface area contributed by atoms with Gasteiger partial charge in [0.1, 0.15) is 11.5 Å². The molecule has 0 amide bonds. The van der Waals surface area contributed by atoms with Crippen LogP contribution >= 0.6 is 0 Å². The molecule has 1 N–H and O–H groups in total. The second-order valence-corrected chi connectivity index (χ2v) is 11.7. The molecule has 0 spiro atoms. The lowest BCUT2D eigenvalue weighted by molar-refractivity contribution is -0.173. The third kappa shape index (κ3) is 20.6. The van der Waals surface area contributed by atoms with Crippen LogP contribution in [0.15, 0.2) is 0 Å². The lowest BCUT2D eigenvalue weighted by Gasteiger charge is -2.19. The number of aliphatic hydroxyl groups is 1. The van der Waals surface area contributed by atoms with E-state index in [9.17, 15) is 23.8 Å². The Labute approximate surface area is 207 Å². The van der Waals surface area contributed by atoms with Crippen molar-refractivity contribution in [3.05, 3.63) is 0 Å². The van der Waals surface area contributed by atoms with E-state index in [-0.39, 0.29) is 31.0 Å². The molecule has 4 atom stereocenters.